The van der Waals surface area contributed by atoms with E-state index in [1.165, 1.54) is 40.2 Å². The molecule has 0 radical (unpaired) electrons. The average Bonchev–Trinajstić information content (AvgIpc) is 2.99. The summed E-state index contributed by atoms with van der Waals surface area (Å²) in [5.74, 6) is 0.777. The van der Waals surface area contributed by atoms with E-state index in [1.807, 2.05) is 11.3 Å². The molecule has 0 N–H and O–H groups in total. The van der Waals surface area contributed by atoms with Crippen molar-refractivity contribution in [1.29, 1.82) is 0 Å². The lowest BCUT2D eigenvalue weighted by Gasteiger charge is -2.02. The summed E-state index contributed by atoms with van der Waals surface area (Å²) in [5, 5.41) is 3.51. The molecule has 0 atom stereocenters. The quantitative estimate of drug-likeness (QED) is 0.786. The highest BCUT2D eigenvalue weighted by molar-refractivity contribution is 7.09. The molecule has 1 aliphatic carbocycles. The zero-order valence-corrected chi connectivity index (χ0v) is 11.2. The Bertz CT molecular complexity index is 517. The predicted octanol–water partition coefficient (Wildman–Crippen LogP) is 4.23. The highest BCUT2D eigenvalue weighted by Gasteiger charge is 2.25. The lowest BCUT2D eigenvalue weighted by molar-refractivity contribution is 1.01. The molecule has 2 heteroatoms. The number of rotatable bonds is 3. The molecule has 0 bridgehead atoms. The molecule has 2 aromatic rings. The van der Waals surface area contributed by atoms with Crippen LogP contribution in [0, 0.1) is 13.8 Å². The van der Waals surface area contributed by atoms with E-state index < -0.39 is 0 Å². The van der Waals surface area contributed by atoms with Gasteiger partial charge in [-0.05, 0) is 32.3 Å². The average molecular weight is 243 g/mol. The molecule has 0 amide bonds. The van der Waals surface area contributed by atoms with Gasteiger partial charge in [-0.25, -0.2) is 4.98 Å². The maximum Gasteiger partial charge on any atom is 0.0972 e. The summed E-state index contributed by atoms with van der Waals surface area (Å²) in [5.41, 5.74) is 5.41. The van der Waals surface area contributed by atoms with Gasteiger partial charge in [0.05, 0.1) is 10.7 Å². The highest BCUT2D eigenvalue weighted by Crippen LogP contribution is 2.40. The molecule has 1 saturated carbocycles. The number of thiazole rings is 1. The van der Waals surface area contributed by atoms with E-state index in [0.29, 0.717) is 0 Å². The van der Waals surface area contributed by atoms with E-state index >= 15 is 0 Å². The fraction of sp³-hybridized carbons (Fsp3) is 0.400. The van der Waals surface area contributed by atoms with Crippen molar-refractivity contribution in [3.63, 3.8) is 0 Å². The Morgan fingerprint density at radius 1 is 1.18 bits per heavy atom. The van der Waals surface area contributed by atoms with Gasteiger partial charge in [0.15, 0.2) is 0 Å². The van der Waals surface area contributed by atoms with Crippen molar-refractivity contribution < 1.29 is 0 Å². The maximum absolute atomic E-state index is 4.75. The molecule has 17 heavy (non-hydrogen) atoms. The molecular formula is C15H17NS. The minimum atomic E-state index is 0.777. The van der Waals surface area contributed by atoms with E-state index in [1.54, 1.807) is 0 Å². The van der Waals surface area contributed by atoms with Gasteiger partial charge in [0.1, 0.15) is 0 Å². The zero-order valence-electron chi connectivity index (χ0n) is 10.4. The predicted molar refractivity (Wildman–Crippen MR) is 72.8 cm³/mol. The topological polar surface area (TPSA) is 12.9 Å². The van der Waals surface area contributed by atoms with E-state index in [9.17, 15) is 0 Å². The van der Waals surface area contributed by atoms with Crippen molar-refractivity contribution in [3.8, 4) is 0 Å². The van der Waals surface area contributed by atoms with Crippen LogP contribution in [0.2, 0.25) is 0 Å². The van der Waals surface area contributed by atoms with Gasteiger partial charge >= 0.3 is 0 Å². The molecule has 88 valence electrons. The second-order valence-electron chi connectivity index (χ2n) is 5.11. The molecule has 0 unspecified atom stereocenters. The molecule has 0 aliphatic heterocycles. The molecule has 0 saturated heterocycles. The molecule has 1 heterocycles. The number of hydrogen-bond acceptors (Lipinski definition) is 2. The van der Waals surface area contributed by atoms with E-state index in [4.69, 9.17) is 4.98 Å². The second-order valence-corrected chi connectivity index (χ2v) is 6.06. The van der Waals surface area contributed by atoms with Gasteiger partial charge in [-0.3, -0.25) is 0 Å². The highest BCUT2D eigenvalue weighted by atomic mass is 32.1. The Morgan fingerprint density at radius 2 is 1.88 bits per heavy atom. The van der Waals surface area contributed by atoms with Crippen LogP contribution in [0.5, 0.6) is 0 Å². The summed E-state index contributed by atoms with van der Waals surface area (Å²) in [4.78, 5) is 4.75. The normalized spacial score (nSPS) is 15.2. The Balaban J connectivity index is 1.80. The Kier molecular flexibility index (Phi) is 2.75. The number of aromatic nitrogens is 1. The van der Waals surface area contributed by atoms with Crippen LogP contribution in [0.15, 0.2) is 23.6 Å². The van der Waals surface area contributed by atoms with Crippen molar-refractivity contribution in [2.24, 2.45) is 0 Å². The van der Waals surface area contributed by atoms with Crippen LogP contribution in [-0.2, 0) is 6.42 Å². The van der Waals surface area contributed by atoms with Gasteiger partial charge in [-0.1, -0.05) is 29.3 Å². The summed E-state index contributed by atoms with van der Waals surface area (Å²) in [7, 11) is 0. The third-order valence-electron chi connectivity index (χ3n) is 3.20. The summed E-state index contributed by atoms with van der Waals surface area (Å²) in [6.45, 7) is 4.32. The van der Waals surface area contributed by atoms with Gasteiger partial charge in [-0.15, -0.1) is 11.3 Å². The number of aryl methyl sites for hydroxylation is 2. The first kappa shape index (κ1) is 11.0. The summed E-state index contributed by atoms with van der Waals surface area (Å²) < 4.78 is 0. The van der Waals surface area contributed by atoms with Crippen molar-refractivity contribution in [2.45, 2.75) is 39.0 Å². The van der Waals surface area contributed by atoms with Crippen LogP contribution < -0.4 is 0 Å². The minimum absolute atomic E-state index is 0.777. The monoisotopic (exact) mass is 243 g/mol. The molecule has 1 fully saturated rings. The van der Waals surface area contributed by atoms with E-state index in [-0.39, 0.29) is 0 Å². The lowest BCUT2D eigenvalue weighted by Crippen LogP contribution is -1.90. The molecule has 1 aliphatic rings. The lowest BCUT2D eigenvalue weighted by atomic mass is 10.1. The third-order valence-corrected chi connectivity index (χ3v) is 4.07. The first-order valence-electron chi connectivity index (χ1n) is 6.22. The summed E-state index contributed by atoms with van der Waals surface area (Å²) in [6.07, 6.45) is 3.67. The second kappa shape index (κ2) is 4.26. The first-order valence-corrected chi connectivity index (χ1v) is 7.10. The van der Waals surface area contributed by atoms with Gasteiger partial charge in [0.2, 0.25) is 0 Å². The summed E-state index contributed by atoms with van der Waals surface area (Å²) in [6, 6.07) is 6.76. The third kappa shape index (κ3) is 2.58. The largest absolute Gasteiger partial charge is 0.246 e. The zero-order chi connectivity index (χ0) is 11.8. The molecule has 1 aromatic carbocycles. The molecule has 3 rings (SSSR count). The van der Waals surface area contributed by atoms with Crippen molar-refractivity contribution >= 4 is 11.3 Å². The van der Waals surface area contributed by atoms with Crippen LogP contribution in [-0.4, -0.2) is 4.98 Å². The number of hydrogen-bond donors (Lipinski definition) is 0. The molecule has 1 aromatic heterocycles. The smallest absolute Gasteiger partial charge is 0.0972 e. The van der Waals surface area contributed by atoms with Crippen molar-refractivity contribution in [3.05, 3.63) is 51.0 Å². The Morgan fingerprint density at radius 3 is 2.53 bits per heavy atom. The fourth-order valence-electron chi connectivity index (χ4n) is 2.32. The number of benzene rings is 1. The van der Waals surface area contributed by atoms with Crippen LogP contribution in [0.3, 0.4) is 0 Å². The first-order chi connectivity index (χ1) is 8.20. The van der Waals surface area contributed by atoms with Gasteiger partial charge in [0, 0.05) is 17.7 Å². The molecule has 1 nitrogen and oxygen atoms in total. The SMILES string of the molecule is Cc1cc(C)cc(Cc2nc(C3CC3)cs2)c1. The standard InChI is InChI=1S/C15H17NS/c1-10-5-11(2)7-12(6-10)8-15-16-14(9-17-15)13-3-4-13/h5-7,9,13H,3-4,8H2,1-2H3. The van der Waals surface area contributed by atoms with Gasteiger partial charge < -0.3 is 0 Å². The van der Waals surface area contributed by atoms with Crippen LogP contribution in [0.4, 0.5) is 0 Å². The Labute approximate surface area is 107 Å². The van der Waals surface area contributed by atoms with Gasteiger partial charge in [-0.2, -0.15) is 0 Å². The van der Waals surface area contributed by atoms with Gasteiger partial charge in [0.25, 0.3) is 0 Å². The Hall–Kier alpha value is -1.15. The van der Waals surface area contributed by atoms with Crippen LogP contribution >= 0.6 is 11.3 Å². The molecule has 0 spiro atoms. The van der Waals surface area contributed by atoms with Crippen LogP contribution in [0.1, 0.15) is 46.2 Å². The van der Waals surface area contributed by atoms with Crippen molar-refractivity contribution in [2.75, 3.05) is 0 Å². The fourth-order valence-corrected chi connectivity index (χ4v) is 3.23. The molecular weight excluding hydrogens is 226 g/mol. The van der Waals surface area contributed by atoms with E-state index in [2.05, 4.69) is 37.4 Å². The maximum atomic E-state index is 4.75. The summed E-state index contributed by atoms with van der Waals surface area (Å²) >= 11 is 1.81. The van der Waals surface area contributed by atoms with Crippen LogP contribution in [0.25, 0.3) is 0 Å². The van der Waals surface area contributed by atoms with Crippen molar-refractivity contribution in [1.82, 2.24) is 4.98 Å². The number of nitrogens with zero attached hydrogens (tertiary/aromatic N) is 1. The minimum Gasteiger partial charge on any atom is -0.246 e. The van der Waals surface area contributed by atoms with E-state index in [0.717, 1.165) is 12.3 Å².